The highest BCUT2D eigenvalue weighted by Crippen LogP contribution is 2.36. The molecule has 0 spiro atoms. The van der Waals surface area contributed by atoms with E-state index < -0.39 is 11.6 Å². The highest BCUT2D eigenvalue weighted by Gasteiger charge is 2.12. The van der Waals surface area contributed by atoms with Gasteiger partial charge in [-0.3, -0.25) is 0 Å². The van der Waals surface area contributed by atoms with Crippen molar-refractivity contribution in [3.63, 3.8) is 0 Å². The van der Waals surface area contributed by atoms with Crippen LogP contribution in [0.4, 0.5) is 14.5 Å². The fourth-order valence-corrected chi connectivity index (χ4v) is 2.10. The van der Waals surface area contributed by atoms with Gasteiger partial charge in [0.15, 0.2) is 11.6 Å². The summed E-state index contributed by atoms with van der Waals surface area (Å²) in [6.45, 7) is 0.102. The Bertz CT molecular complexity index is 650. The number of halogens is 3. The highest BCUT2D eigenvalue weighted by molar-refractivity contribution is 6.32. The summed E-state index contributed by atoms with van der Waals surface area (Å²) >= 11 is 6.00. The summed E-state index contributed by atoms with van der Waals surface area (Å²) in [4.78, 5) is 0. The molecule has 2 rings (SSSR count). The van der Waals surface area contributed by atoms with Gasteiger partial charge in [-0.05, 0) is 6.07 Å². The van der Waals surface area contributed by atoms with Crippen LogP contribution in [0, 0.1) is 11.6 Å². The minimum atomic E-state index is -0.880. The van der Waals surface area contributed by atoms with Crippen molar-refractivity contribution in [2.24, 2.45) is 0 Å². The quantitative estimate of drug-likeness (QED) is 0.895. The zero-order valence-electron chi connectivity index (χ0n) is 11.5. The van der Waals surface area contributed by atoms with E-state index in [9.17, 15) is 8.78 Å². The van der Waals surface area contributed by atoms with E-state index in [1.807, 2.05) is 0 Å². The minimum absolute atomic E-state index is 0.102. The normalized spacial score (nSPS) is 10.3. The van der Waals surface area contributed by atoms with Crippen LogP contribution in [-0.4, -0.2) is 14.2 Å². The Morgan fingerprint density at radius 3 is 2.48 bits per heavy atom. The molecule has 0 aliphatic heterocycles. The van der Waals surface area contributed by atoms with Crippen LogP contribution in [0.5, 0.6) is 11.5 Å². The van der Waals surface area contributed by atoms with Crippen molar-refractivity contribution in [3.8, 4) is 11.5 Å². The predicted molar refractivity (Wildman–Crippen MR) is 78.2 cm³/mol. The molecule has 0 aliphatic carbocycles. The summed E-state index contributed by atoms with van der Waals surface area (Å²) in [7, 11) is 2.98. The van der Waals surface area contributed by atoms with Crippen LogP contribution >= 0.6 is 11.6 Å². The second kappa shape index (κ2) is 6.63. The van der Waals surface area contributed by atoms with Gasteiger partial charge in [0.2, 0.25) is 0 Å². The molecule has 0 unspecified atom stereocenters. The van der Waals surface area contributed by atoms with Crippen LogP contribution < -0.4 is 14.8 Å². The lowest BCUT2D eigenvalue weighted by Crippen LogP contribution is -2.05. The van der Waals surface area contributed by atoms with Crippen molar-refractivity contribution in [1.82, 2.24) is 0 Å². The van der Waals surface area contributed by atoms with Gasteiger partial charge < -0.3 is 14.8 Å². The van der Waals surface area contributed by atoms with Crippen LogP contribution in [-0.2, 0) is 6.54 Å². The maximum Gasteiger partial charge on any atom is 0.163 e. The molecule has 0 bridgehead atoms. The lowest BCUT2D eigenvalue weighted by molar-refractivity contribution is 0.404. The molecule has 0 saturated carbocycles. The topological polar surface area (TPSA) is 30.5 Å². The molecule has 0 radical (unpaired) electrons. The predicted octanol–water partition coefficient (Wildman–Crippen LogP) is 4.25. The number of anilines is 1. The first-order valence-corrected chi connectivity index (χ1v) is 6.53. The zero-order valence-corrected chi connectivity index (χ0v) is 12.3. The Morgan fingerprint density at radius 2 is 1.81 bits per heavy atom. The Morgan fingerprint density at radius 1 is 1.10 bits per heavy atom. The van der Waals surface area contributed by atoms with E-state index in [0.29, 0.717) is 22.2 Å². The summed E-state index contributed by atoms with van der Waals surface area (Å²) in [5.41, 5.74) is 0.786. The van der Waals surface area contributed by atoms with Crippen molar-refractivity contribution in [2.45, 2.75) is 6.54 Å². The van der Waals surface area contributed by atoms with Crippen LogP contribution in [0.1, 0.15) is 5.56 Å². The molecule has 6 heteroatoms. The summed E-state index contributed by atoms with van der Waals surface area (Å²) in [6.07, 6.45) is 0. The maximum absolute atomic E-state index is 13.6. The van der Waals surface area contributed by atoms with E-state index in [2.05, 4.69) is 5.32 Å². The van der Waals surface area contributed by atoms with Gasteiger partial charge in [-0.1, -0.05) is 23.7 Å². The molecule has 0 heterocycles. The van der Waals surface area contributed by atoms with Crippen molar-refractivity contribution in [1.29, 1.82) is 0 Å². The van der Waals surface area contributed by atoms with E-state index in [4.69, 9.17) is 21.1 Å². The third-order valence-electron chi connectivity index (χ3n) is 2.97. The molecule has 0 aromatic heterocycles. The van der Waals surface area contributed by atoms with Crippen LogP contribution in [0.3, 0.4) is 0 Å². The lowest BCUT2D eigenvalue weighted by Gasteiger charge is -2.14. The van der Waals surface area contributed by atoms with Gasteiger partial charge in [0.05, 0.1) is 24.9 Å². The van der Waals surface area contributed by atoms with E-state index in [1.54, 1.807) is 12.1 Å². The molecule has 0 fully saturated rings. The van der Waals surface area contributed by atoms with Crippen molar-refractivity contribution in [2.75, 3.05) is 19.5 Å². The van der Waals surface area contributed by atoms with Crippen molar-refractivity contribution in [3.05, 3.63) is 52.6 Å². The van der Waals surface area contributed by atoms with E-state index >= 15 is 0 Å². The first-order valence-electron chi connectivity index (χ1n) is 6.15. The molecule has 112 valence electrons. The summed E-state index contributed by atoms with van der Waals surface area (Å²) < 4.78 is 37.1. The molecule has 0 atom stereocenters. The average molecular weight is 314 g/mol. The van der Waals surface area contributed by atoms with Gasteiger partial charge in [0.1, 0.15) is 11.5 Å². The molecular weight excluding hydrogens is 300 g/mol. The molecule has 0 saturated heterocycles. The highest BCUT2D eigenvalue weighted by atomic mass is 35.5. The van der Waals surface area contributed by atoms with Crippen LogP contribution in [0.2, 0.25) is 5.02 Å². The molecule has 1 N–H and O–H groups in total. The summed E-state index contributed by atoms with van der Waals surface area (Å²) in [5, 5.41) is 3.38. The largest absolute Gasteiger partial charge is 0.495 e. The number of methoxy groups -OCH3 is 2. The zero-order chi connectivity index (χ0) is 15.4. The number of hydrogen-bond acceptors (Lipinski definition) is 3. The molecule has 0 aliphatic rings. The standard InChI is InChI=1S/C15H14ClF2NO2/c1-20-13-7-12(14(21-2)6-10(13)16)19-8-9-4-3-5-11(17)15(9)18/h3-7,19H,8H2,1-2H3. The lowest BCUT2D eigenvalue weighted by atomic mass is 10.2. The van der Waals surface area contributed by atoms with Crippen LogP contribution in [0.15, 0.2) is 30.3 Å². The van der Waals surface area contributed by atoms with Gasteiger partial charge in [0, 0.05) is 24.2 Å². The maximum atomic E-state index is 13.6. The molecule has 0 amide bonds. The van der Waals surface area contributed by atoms with E-state index in [0.717, 1.165) is 6.07 Å². The second-order valence-electron chi connectivity index (χ2n) is 4.25. The van der Waals surface area contributed by atoms with Gasteiger partial charge in [0.25, 0.3) is 0 Å². The summed E-state index contributed by atoms with van der Waals surface area (Å²) in [5.74, 6) is -0.808. The minimum Gasteiger partial charge on any atom is -0.495 e. The summed E-state index contributed by atoms with van der Waals surface area (Å²) in [6, 6.07) is 7.26. The van der Waals surface area contributed by atoms with Crippen LogP contribution in [0.25, 0.3) is 0 Å². The average Bonchev–Trinajstić information content (AvgIpc) is 2.49. The monoisotopic (exact) mass is 313 g/mol. The van der Waals surface area contributed by atoms with Crippen molar-refractivity contribution < 1.29 is 18.3 Å². The molecule has 2 aromatic carbocycles. The van der Waals surface area contributed by atoms with E-state index in [-0.39, 0.29) is 12.1 Å². The van der Waals surface area contributed by atoms with Gasteiger partial charge in [-0.25, -0.2) is 8.78 Å². The second-order valence-corrected chi connectivity index (χ2v) is 4.66. The van der Waals surface area contributed by atoms with Gasteiger partial charge in [-0.2, -0.15) is 0 Å². The number of rotatable bonds is 5. The van der Waals surface area contributed by atoms with Crippen molar-refractivity contribution >= 4 is 17.3 Å². The SMILES string of the molecule is COc1cc(NCc2cccc(F)c2F)c(OC)cc1Cl. The third-order valence-corrected chi connectivity index (χ3v) is 3.27. The molecule has 2 aromatic rings. The Balaban J connectivity index is 2.25. The Labute approximate surface area is 126 Å². The Kier molecular flexibility index (Phi) is 4.85. The van der Waals surface area contributed by atoms with Gasteiger partial charge >= 0.3 is 0 Å². The molecular formula is C15H14ClF2NO2. The molecule has 21 heavy (non-hydrogen) atoms. The first-order chi connectivity index (χ1) is 10.1. The number of benzene rings is 2. The fraction of sp³-hybridized carbons (Fsp3) is 0.200. The third kappa shape index (κ3) is 3.36. The number of nitrogens with one attached hydrogen (secondary N) is 1. The Hall–Kier alpha value is -2.01. The number of ether oxygens (including phenoxy) is 2. The fourth-order valence-electron chi connectivity index (χ4n) is 1.87. The van der Waals surface area contributed by atoms with Gasteiger partial charge in [-0.15, -0.1) is 0 Å². The van der Waals surface area contributed by atoms with E-state index in [1.165, 1.54) is 26.4 Å². The first kappa shape index (κ1) is 15.4. The molecule has 3 nitrogen and oxygen atoms in total. The number of hydrogen-bond donors (Lipinski definition) is 1. The smallest absolute Gasteiger partial charge is 0.163 e.